The van der Waals surface area contributed by atoms with Gasteiger partial charge in [0.05, 0.1) is 0 Å². The van der Waals surface area contributed by atoms with Gasteiger partial charge in [0.25, 0.3) is 0 Å². The van der Waals surface area contributed by atoms with E-state index in [2.05, 4.69) is 15.3 Å². The normalized spacial score (nSPS) is 9.60. The molecular formula is C14H10ClN5. The summed E-state index contributed by atoms with van der Waals surface area (Å²) in [5, 5.41) is 21.6. The van der Waals surface area contributed by atoms with Gasteiger partial charge in [0.15, 0.2) is 17.2 Å². The van der Waals surface area contributed by atoms with E-state index in [1.807, 2.05) is 25.1 Å². The van der Waals surface area contributed by atoms with Gasteiger partial charge in [-0.2, -0.15) is 10.5 Å². The average Bonchev–Trinajstić information content (AvgIpc) is 2.47. The van der Waals surface area contributed by atoms with Crippen LogP contribution in [0.5, 0.6) is 0 Å². The Morgan fingerprint density at radius 2 is 1.90 bits per heavy atom. The average molecular weight is 284 g/mol. The highest BCUT2D eigenvalue weighted by atomic mass is 35.5. The van der Waals surface area contributed by atoms with Gasteiger partial charge in [-0.25, -0.2) is 9.97 Å². The minimum atomic E-state index is 0.00382. The Morgan fingerprint density at radius 3 is 2.50 bits per heavy atom. The fourth-order valence-electron chi connectivity index (χ4n) is 1.72. The summed E-state index contributed by atoms with van der Waals surface area (Å²) in [6.45, 7) is 2.53. The molecule has 0 saturated carbocycles. The summed E-state index contributed by atoms with van der Waals surface area (Å²) in [6.07, 6.45) is 0. The van der Waals surface area contributed by atoms with Crippen molar-refractivity contribution in [1.29, 1.82) is 10.5 Å². The van der Waals surface area contributed by atoms with Crippen molar-refractivity contribution in [3.63, 3.8) is 0 Å². The van der Waals surface area contributed by atoms with Crippen LogP contribution in [-0.2, 0) is 0 Å². The molecule has 0 radical (unpaired) electrons. The highest BCUT2D eigenvalue weighted by Crippen LogP contribution is 2.27. The predicted molar refractivity (Wildman–Crippen MR) is 76.1 cm³/mol. The summed E-state index contributed by atoms with van der Waals surface area (Å²) in [5.74, 6) is 0.463. The number of aromatic nitrogens is 2. The van der Waals surface area contributed by atoms with E-state index >= 15 is 0 Å². The second-order valence-electron chi connectivity index (χ2n) is 3.88. The molecule has 0 atom stereocenters. The standard InChI is InChI=1S/C14H10ClN5/c1-2-18-14-13(9-4-3-5-10(15)6-9)19-11(7-16)12(8-17)20-14/h3-6H,2H2,1H3,(H,18,20). The Bertz CT molecular complexity index is 727. The zero-order valence-corrected chi connectivity index (χ0v) is 11.4. The Hall–Kier alpha value is -2.63. The molecule has 0 spiro atoms. The Morgan fingerprint density at radius 1 is 1.20 bits per heavy atom. The summed E-state index contributed by atoms with van der Waals surface area (Å²) < 4.78 is 0. The molecule has 0 aliphatic carbocycles. The third-order valence-corrected chi connectivity index (χ3v) is 2.78. The first-order valence-corrected chi connectivity index (χ1v) is 6.29. The van der Waals surface area contributed by atoms with Crippen LogP contribution in [0.4, 0.5) is 5.82 Å². The lowest BCUT2D eigenvalue weighted by molar-refractivity contribution is 1.09. The van der Waals surface area contributed by atoms with Gasteiger partial charge in [-0.05, 0) is 19.1 Å². The molecule has 0 amide bonds. The third kappa shape index (κ3) is 2.69. The number of anilines is 1. The second kappa shape index (κ2) is 6.01. The third-order valence-electron chi connectivity index (χ3n) is 2.55. The highest BCUT2D eigenvalue weighted by molar-refractivity contribution is 6.30. The molecule has 98 valence electrons. The number of rotatable bonds is 3. The van der Waals surface area contributed by atoms with Crippen molar-refractivity contribution in [2.45, 2.75) is 6.92 Å². The molecular weight excluding hydrogens is 274 g/mol. The van der Waals surface area contributed by atoms with E-state index in [1.165, 1.54) is 0 Å². The molecule has 5 nitrogen and oxygen atoms in total. The van der Waals surface area contributed by atoms with Crippen molar-refractivity contribution in [2.24, 2.45) is 0 Å². The van der Waals surface area contributed by atoms with E-state index in [-0.39, 0.29) is 11.4 Å². The smallest absolute Gasteiger partial charge is 0.179 e. The molecule has 1 aromatic carbocycles. The van der Waals surface area contributed by atoms with Crippen LogP contribution in [0.2, 0.25) is 5.02 Å². The first kappa shape index (κ1) is 13.8. The fraction of sp³-hybridized carbons (Fsp3) is 0.143. The lowest BCUT2D eigenvalue weighted by Crippen LogP contribution is -2.07. The number of nitrogens with one attached hydrogen (secondary N) is 1. The molecule has 1 heterocycles. The van der Waals surface area contributed by atoms with E-state index in [0.29, 0.717) is 23.1 Å². The lowest BCUT2D eigenvalue weighted by Gasteiger charge is -2.10. The molecule has 1 aromatic heterocycles. The van der Waals surface area contributed by atoms with Crippen molar-refractivity contribution in [2.75, 3.05) is 11.9 Å². The van der Waals surface area contributed by atoms with Crippen molar-refractivity contribution >= 4 is 17.4 Å². The van der Waals surface area contributed by atoms with Crippen LogP contribution in [-0.4, -0.2) is 16.5 Å². The minimum Gasteiger partial charge on any atom is -0.368 e. The van der Waals surface area contributed by atoms with Gasteiger partial charge < -0.3 is 5.32 Å². The number of nitriles is 2. The van der Waals surface area contributed by atoms with Gasteiger partial charge in [-0.3, -0.25) is 0 Å². The topological polar surface area (TPSA) is 85.4 Å². The first-order chi connectivity index (χ1) is 9.69. The van der Waals surface area contributed by atoms with Gasteiger partial charge in [-0.15, -0.1) is 0 Å². The highest BCUT2D eigenvalue weighted by Gasteiger charge is 2.14. The van der Waals surface area contributed by atoms with Gasteiger partial charge in [0, 0.05) is 17.1 Å². The minimum absolute atomic E-state index is 0.00382. The first-order valence-electron chi connectivity index (χ1n) is 5.91. The van der Waals surface area contributed by atoms with E-state index in [9.17, 15) is 0 Å². The lowest BCUT2D eigenvalue weighted by atomic mass is 10.1. The van der Waals surface area contributed by atoms with Gasteiger partial charge in [-0.1, -0.05) is 23.7 Å². The molecule has 0 unspecified atom stereocenters. The fourth-order valence-corrected chi connectivity index (χ4v) is 1.91. The maximum atomic E-state index is 9.05. The number of halogens is 1. The van der Waals surface area contributed by atoms with E-state index in [1.54, 1.807) is 18.2 Å². The van der Waals surface area contributed by atoms with Gasteiger partial charge in [0.1, 0.15) is 17.8 Å². The number of hydrogen-bond acceptors (Lipinski definition) is 5. The maximum absolute atomic E-state index is 9.05. The van der Waals surface area contributed by atoms with Crippen molar-refractivity contribution < 1.29 is 0 Å². The molecule has 0 saturated heterocycles. The SMILES string of the molecule is CCNc1nc(C#N)c(C#N)nc1-c1cccc(Cl)c1. The molecule has 2 rings (SSSR count). The van der Waals surface area contributed by atoms with E-state index < -0.39 is 0 Å². The van der Waals surface area contributed by atoms with Gasteiger partial charge in [0.2, 0.25) is 0 Å². The van der Waals surface area contributed by atoms with Crippen LogP contribution in [0.3, 0.4) is 0 Å². The van der Waals surface area contributed by atoms with Crippen LogP contribution < -0.4 is 5.32 Å². The summed E-state index contributed by atoms with van der Waals surface area (Å²) in [7, 11) is 0. The Kier molecular flexibility index (Phi) is 4.14. The molecule has 0 bridgehead atoms. The molecule has 6 heteroatoms. The molecule has 0 aliphatic heterocycles. The molecule has 2 aromatic rings. The summed E-state index contributed by atoms with van der Waals surface area (Å²) in [5.41, 5.74) is 1.25. The van der Waals surface area contributed by atoms with Crippen molar-refractivity contribution in [3.05, 3.63) is 40.7 Å². The Labute approximate surface area is 121 Å². The molecule has 0 aliphatic rings. The molecule has 1 N–H and O–H groups in total. The monoisotopic (exact) mass is 283 g/mol. The van der Waals surface area contributed by atoms with Crippen LogP contribution >= 0.6 is 11.6 Å². The maximum Gasteiger partial charge on any atom is 0.179 e. The molecule has 20 heavy (non-hydrogen) atoms. The number of hydrogen-bond donors (Lipinski definition) is 1. The zero-order valence-electron chi connectivity index (χ0n) is 10.7. The second-order valence-corrected chi connectivity index (χ2v) is 4.32. The predicted octanol–water partition coefficient (Wildman–Crippen LogP) is 2.97. The number of benzene rings is 1. The van der Waals surface area contributed by atoms with Gasteiger partial charge >= 0.3 is 0 Å². The van der Waals surface area contributed by atoms with E-state index in [0.717, 1.165) is 5.56 Å². The summed E-state index contributed by atoms with van der Waals surface area (Å²) >= 11 is 5.97. The quantitative estimate of drug-likeness (QED) is 0.936. The van der Waals surface area contributed by atoms with Crippen molar-refractivity contribution in [1.82, 2.24) is 9.97 Å². The largest absolute Gasteiger partial charge is 0.368 e. The number of nitrogens with zero attached hydrogens (tertiary/aromatic N) is 4. The summed E-state index contributed by atoms with van der Waals surface area (Å²) in [6, 6.07) is 10.9. The van der Waals surface area contributed by atoms with Crippen LogP contribution in [0.15, 0.2) is 24.3 Å². The molecule has 0 fully saturated rings. The van der Waals surface area contributed by atoms with E-state index in [4.69, 9.17) is 22.1 Å². The zero-order chi connectivity index (χ0) is 14.5. The van der Waals surface area contributed by atoms with Crippen molar-refractivity contribution in [3.8, 4) is 23.4 Å². The van der Waals surface area contributed by atoms with Crippen LogP contribution in [0.1, 0.15) is 18.3 Å². The summed E-state index contributed by atoms with van der Waals surface area (Å²) in [4.78, 5) is 8.38. The van der Waals surface area contributed by atoms with Crippen LogP contribution in [0, 0.1) is 22.7 Å². The van der Waals surface area contributed by atoms with Crippen LogP contribution in [0.25, 0.3) is 11.3 Å². The Balaban J connectivity index is 2.68.